The summed E-state index contributed by atoms with van der Waals surface area (Å²) >= 11 is 12.0. The van der Waals surface area contributed by atoms with Crippen molar-refractivity contribution in [2.45, 2.75) is 13.8 Å². The maximum Gasteiger partial charge on any atom is 0.289 e. The normalized spacial score (nSPS) is 10.8. The number of aryl methyl sites for hydroxylation is 2. The first-order chi connectivity index (χ1) is 9.95. The topological polar surface area (TPSA) is 58.1 Å². The summed E-state index contributed by atoms with van der Waals surface area (Å²) in [4.78, 5) is 12.2. The first-order valence-corrected chi connectivity index (χ1v) is 6.83. The van der Waals surface area contributed by atoms with Crippen LogP contribution >= 0.6 is 23.2 Å². The molecule has 0 amide bonds. The van der Waals surface area contributed by atoms with Crippen LogP contribution in [-0.2, 0) is 0 Å². The summed E-state index contributed by atoms with van der Waals surface area (Å²) < 4.78 is 1.17. The third kappa shape index (κ3) is 2.99. The fourth-order valence-corrected chi connectivity index (χ4v) is 2.26. The van der Waals surface area contributed by atoms with Gasteiger partial charge in [0.15, 0.2) is 0 Å². The molecule has 0 unspecified atom stereocenters. The van der Waals surface area contributed by atoms with E-state index in [-0.39, 0.29) is 5.56 Å². The number of benzene rings is 1. The Morgan fingerprint density at radius 1 is 1.33 bits per heavy atom. The first-order valence-electron chi connectivity index (χ1n) is 6.07. The van der Waals surface area contributed by atoms with E-state index in [4.69, 9.17) is 28.5 Å². The zero-order valence-corrected chi connectivity index (χ0v) is 12.9. The van der Waals surface area contributed by atoms with Crippen molar-refractivity contribution in [2.75, 3.05) is 0 Å². The van der Waals surface area contributed by atoms with Gasteiger partial charge in [0.2, 0.25) is 0 Å². The zero-order chi connectivity index (χ0) is 15.6. The van der Waals surface area contributed by atoms with E-state index >= 15 is 0 Å². The Bertz CT molecular complexity index is 832. The predicted octanol–water partition coefficient (Wildman–Crippen LogP) is 3.53. The number of pyridine rings is 1. The second-order valence-electron chi connectivity index (χ2n) is 4.46. The van der Waals surface area contributed by atoms with Gasteiger partial charge in [-0.15, -0.1) is 0 Å². The van der Waals surface area contributed by atoms with E-state index in [2.05, 4.69) is 5.10 Å². The fraction of sp³-hybridized carbons (Fsp3) is 0.133. The van der Waals surface area contributed by atoms with Gasteiger partial charge in [0.25, 0.3) is 5.56 Å². The maximum absolute atomic E-state index is 12.2. The quantitative estimate of drug-likeness (QED) is 0.795. The van der Waals surface area contributed by atoms with Crippen molar-refractivity contribution < 1.29 is 0 Å². The van der Waals surface area contributed by atoms with Crippen molar-refractivity contribution in [3.8, 4) is 6.07 Å². The molecule has 0 saturated carbocycles. The van der Waals surface area contributed by atoms with E-state index in [1.165, 1.54) is 10.9 Å². The van der Waals surface area contributed by atoms with Gasteiger partial charge in [0.1, 0.15) is 11.6 Å². The Labute approximate surface area is 131 Å². The molecule has 0 aliphatic carbocycles. The summed E-state index contributed by atoms with van der Waals surface area (Å²) in [5, 5.41) is 13.9. The van der Waals surface area contributed by atoms with Crippen LogP contribution in [0.3, 0.4) is 0 Å². The molecule has 0 radical (unpaired) electrons. The number of rotatable bonds is 2. The average molecular weight is 320 g/mol. The van der Waals surface area contributed by atoms with Gasteiger partial charge in [-0.3, -0.25) is 4.79 Å². The molecule has 106 valence electrons. The summed E-state index contributed by atoms with van der Waals surface area (Å²) in [6.07, 6.45) is 1.44. The van der Waals surface area contributed by atoms with Crippen molar-refractivity contribution in [1.29, 1.82) is 5.26 Å². The molecule has 0 atom stereocenters. The molecule has 4 nitrogen and oxygen atoms in total. The van der Waals surface area contributed by atoms with Crippen LogP contribution < -0.4 is 5.56 Å². The highest BCUT2D eigenvalue weighted by Crippen LogP contribution is 2.24. The number of hydrogen-bond acceptors (Lipinski definition) is 3. The number of hydrogen-bond donors (Lipinski definition) is 0. The van der Waals surface area contributed by atoms with Gasteiger partial charge in [-0.25, -0.2) is 4.68 Å². The van der Waals surface area contributed by atoms with Crippen LogP contribution in [-0.4, -0.2) is 10.9 Å². The SMILES string of the molecule is Cc1cc(C)n(N=Cc2cccc(Cl)c2Cl)c(=O)c1C#N. The highest BCUT2D eigenvalue weighted by molar-refractivity contribution is 6.43. The van der Waals surface area contributed by atoms with Crippen molar-refractivity contribution in [3.63, 3.8) is 0 Å². The Morgan fingerprint density at radius 2 is 2.05 bits per heavy atom. The Hall–Kier alpha value is -2.09. The van der Waals surface area contributed by atoms with Crippen molar-refractivity contribution >= 4 is 29.4 Å². The maximum atomic E-state index is 12.2. The lowest BCUT2D eigenvalue weighted by Crippen LogP contribution is -2.22. The van der Waals surface area contributed by atoms with Crippen LogP contribution in [0.1, 0.15) is 22.4 Å². The number of nitriles is 1. The third-order valence-corrected chi connectivity index (χ3v) is 3.80. The van der Waals surface area contributed by atoms with Gasteiger partial charge in [-0.05, 0) is 31.5 Å². The molecule has 0 spiro atoms. The average Bonchev–Trinajstić information content (AvgIpc) is 2.43. The molecule has 0 saturated heterocycles. The summed E-state index contributed by atoms with van der Waals surface area (Å²) in [7, 11) is 0. The van der Waals surface area contributed by atoms with Crippen molar-refractivity contribution in [3.05, 3.63) is 67.0 Å². The minimum atomic E-state index is -0.454. The molecule has 0 N–H and O–H groups in total. The highest BCUT2D eigenvalue weighted by Gasteiger charge is 2.09. The first kappa shape index (κ1) is 15.3. The van der Waals surface area contributed by atoms with Crippen LogP contribution in [0, 0.1) is 25.2 Å². The molecule has 6 heteroatoms. The zero-order valence-electron chi connectivity index (χ0n) is 11.4. The summed E-state index contributed by atoms with van der Waals surface area (Å²) in [6.45, 7) is 3.46. The van der Waals surface area contributed by atoms with Crippen LogP contribution in [0.15, 0.2) is 34.2 Å². The van der Waals surface area contributed by atoms with Crippen molar-refractivity contribution in [2.24, 2.45) is 5.10 Å². The largest absolute Gasteiger partial charge is 0.289 e. The van der Waals surface area contributed by atoms with Gasteiger partial charge in [0.05, 0.1) is 16.3 Å². The van der Waals surface area contributed by atoms with Crippen molar-refractivity contribution in [1.82, 2.24) is 4.68 Å². The van der Waals surface area contributed by atoms with Gasteiger partial charge >= 0.3 is 0 Å². The third-order valence-electron chi connectivity index (χ3n) is 2.97. The molecule has 2 rings (SSSR count). The van der Waals surface area contributed by atoms with Gasteiger partial charge in [-0.2, -0.15) is 10.4 Å². The monoisotopic (exact) mass is 319 g/mol. The lowest BCUT2D eigenvalue weighted by molar-refractivity contribution is 0.786. The van der Waals surface area contributed by atoms with Crippen LogP contribution in [0.4, 0.5) is 0 Å². The van der Waals surface area contributed by atoms with Crippen LogP contribution in [0.5, 0.6) is 0 Å². The Balaban J connectivity index is 2.55. The van der Waals surface area contributed by atoms with E-state index in [9.17, 15) is 4.79 Å². The lowest BCUT2D eigenvalue weighted by Gasteiger charge is -2.06. The van der Waals surface area contributed by atoms with Crippen LogP contribution in [0.2, 0.25) is 10.0 Å². The molecular formula is C15H11Cl2N3O. The molecule has 21 heavy (non-hydrogen) atoms. The molecule has 1 aromatic heterocycles. The predicted molar refractivity (Wildman–Crippen MR) is 84.3 cm³/mol. The molecule has 0 aliphatic rings. The second-order valence-corrected chi connectivity index (χ2v) is 5.25. The Morgan fingerprint density at radius 3 is 2.71 bits per heavy atom. The fourth-order valence-electron chi connectivity index (χ4n) is 1.90. The number of nitrogens with zero attached hydrogens (tertiary/aromatic N) is 3. The number of aromatic nitrogens is 1. The van der Waals surface area contributed by atoms with Gasteiger partial charge in [0, 0.05) is 11.3 Å². The molecule has 2 aromatic rings. The van der Waals surface area contributed by atoms with Gasteiger partial charge < -0.3 is 0 Å². The molecule has 1 aromatic carbocycles. The highest BCUT2D eigenvalue weighted by atomic mass is 35.5. The smallest absolute Gasteiger partial charge is 0.266 e. The lowest BCUT2D eigenvalue weighted by atomic mass is 10.1. The van der Waals surface area contributed by atoms with E-state index in [1.54, 1.807) is 38.1 Å². The summed E-state index contributed by atoms with van der Waals surface area (Å²) in [6, 6.07) is 8.76. The number of halogens is 2. The summed E-state index contributed by atoms with van der Waals surface area (Å²) in [5.41, 5.74) is 1.48. The molecule has 1 heterocycles. The summed E-state index contributed by atoms with van der Waals surface area (Å²) in [5.74, 6) is 0. The van der Waals surface area contributed by atoms with E-state index in [0.29, 0.717) is 26.9 Å². The minimum absolute atomic E-state index is 0.0786. The van der Waals surface area contributed by atoms with E-state index in [0.717, 1.165) is 0 Å². The van der Waals surface area contributed by atoms with E-state index < -0.39 is 5.56 Å². The molecule has 0 aliphatic heterocycles. The molecule has 0 fully saturated rings. The Kier molecular flexibility index (Phi) is 4.46. The van der Waals surface area contributed by atoms with E-state index in [1.807, 2.05) is 6.07 Å². The van der Waals surface area contributed by atoms with Crippen LogP contribution in [0.25, 0.3) is 0 Å². The molecule has 0 bridgehead atoms. The minimum Gasteiger partial charge on any atom is -0.266 e. The molecular weight excluding hydrogens is 309 g/mol. The second kappa shape index (κ2) is 6.13. The standard InChI is InChI=1S/C15H11Cl2N3O/c1-9-6-10(2)20(15(21)12(9)7-18)19-8-11-4-3-5-13(16)14(11)17/h3-6,8H,1-2H3. The van der Waals surface area contributed by atoms with Gasteiger partial charge in [-0.1, -0.05) is 35.3 Å².